The molecule has 0 spiro atoms. The maximum absolute atomic E-state index is 5.63. The van der Waals surface area contributed by atoms with Gasteiger partial charge < -0.3 is 9.47 Å². The van der Waals surface area contributed by atoms with E-state index >= 15 is 0 Å². The van der Waals surface area contributed by atoms with Gasteiger partial charge >= 0.3 is 0 Å². The number of nitrogens with zero attached hydrogens (tertiary/aromatic N) is 1. The molecule has 1 atom stereocenters. The van der Waals surface area contributed by atoms with Gasteiger partial charge in [0.25, 0.3) is 0 Å². The van der Waals surface area contributed by atoms with Crippen LogP contribution in [0.2, 0.25) is 0 Å². The first kappa shape index (κ1) is 9.46. The Morgan fingerprint density at radius 2 is 2.57 bits per heavy atom. The molecule has 1 fully saturated rings. The van der Waals surface area contributed by atoms with Gasteiger partial charge in [0.2, 0.25) is 0 Å². The number of hydrogen-bond donors (Lipinski definition) is 0. The Hall–Kier alpha value is -1.09. The van der Waals surface area contributed by atoms with Gasteiger partial charge in [-0.25, -0.2) is 0 Å². The zero-order chi connectivity index (χ0) is 9.80. The standard InChI is InChI=1S/C11H15NO2/c1-9-11(5-2-6-12-9)14-8-10-4-3-7-13-10/h2,5-6,10H,3-4,7-8H2,1H3. The van der Waals surface area contributed by atoms with Crippen LogP contribution in [0.4, 0.5) is 0 Å². The van der Waals surface area contributed by atoms with Crippen molar-refractivity contribution in [2.45, 2.75) is 25.9 Å². The van der Waals surface area contributed by atoms with Crippen LogP contribution in [0, 0.1) is 6.92 Å². The Morgan fingerprint density at radius 1 is 1.64 bits per heavy atom. The first-order valence-corrected chi connectivity index (χ1v) is 5.02. The van der Waals surface area contributed by atoms with E-state index in [0.29, 0.717) is 6.61 Å². The monoisotopic (exact) mass is 193 g/mol. The number of aromatic nitrogens is 1. The van der Waals surface area contributed by atoms with Gasteiger partial charge in [0.05, 0.1) is 11.8 Å². The second-order valence-electron chi connectivity index (χ2n) is 3.53. The molecule has 0 saturated carbocycles. The highest BCUT2D eigenvalue weighted by Gasteiger charge is 2.16. The summed E-state index contributed by atoms with van der Waals surface area (Å²) in [5.74, 6) is 0.864. The van der Waals surface area contributed by atoms with Crippen molar-refractivity contribution >= 4 is 0 Å². The summed E-state index contributed by atoms with van der Waals surface area (Å²) in [6, 6.07) is 3.83. The maximum Gasteiger partial charge on any atom is 0.140 e. The van der Waals surface area contributed by atoms with E-state index < -0.39 is 0 Å². The first-order chi connectivity index (χ1) is 6.86. The summed E-state index contributed by atoms with van der Waals surface area (Å²) in [6.45, 7) is 3.47. The van der Waals surface area contributed by atoms with Crippen LogP contribution in [0.1, 0.15) is 18.5 Å². The highest BCUT2D eigenvalue weighted by Crippen LogP contribution is 2.17. The van der Waals surface area contributed by atoms with E-state index in [1.165, 1.54) is 0 Å². The molecule has 1 aromatic rings. The molecule has 3 nitrogen and oxygen atoms in total. The summed E-state index contributed by atoms with van der Waals surface area (Å²) in [7, 11) is 0. The third-order valence-electron chi connectivity index (χ3n) is 2.41. The minimum Gasteiger partial charge on any atom is -0.489 e. The second kappa shape index (κ2) is 4.42. The highest BCUT2D eigenvalue weighted by molar-refractivity contribution is 5.25. The fraction of sp³-hybridized carbons (Fsp3) is 0.545. The number of rotatable bonds is 3. The van der Waals surface area contributed by atoms with Gasteiger partial charge in [-0.15, -0.1) is 0 Å². The fourth-order valence-electron chi connectivity index (χ4n) is 1.58. The number of pyridine rings is 1. The van der Waals surface area contributed by atoms with Crippen LogP contribution in [0.15, 0.2) is 18.3 Å². The molecule has 0 N–H and O–H groups in total. The smallest absolute Gasteiger partial charge is 0.140 e. The van der Waals surface area contributed by atoms with Gasteiger partial charge in [0, 0.05) is 12.8 Å². The molecule has 3 heteroatoms. The van der Waals surface area contributed by atoms with E-state index in [0.717, 1.165) is 30.9 Å². The van der Waals surface area contributed by atoms with E-state index in [9.17, 15) is 0 Å². The molecule has 1 saturated heterocycles. The lowest BCUT2D eigenvalue weighted by atomic mass is 10.2. The predicted octanol–water partition coefficient (Wildman–Crippen LogP) is 1.95. The summed E-state index contributed by atoms with van der Waals surface area (Å²) in [5, 5.41) is 0. The Balaban J connectivity index is 1.88. The van der Waals surface area contributed by atoms with Crippen molar-refractivity contribution in [1.29, 1.82) is 0 Å². The Kier molecular flexibility index (Phi) is 2.99. The molecule has 0 aliphatic carbocycles. The van der Waals surface area contributed by atoms with Crippen molar-refractivity contribution in [3.63, 3.8) is 0 Å². The molecule has 1 aromatic heterocycles. The Bertz CT molecular complexity index is 295. The number of aryl methyl sites for hydroxylation is 1. The normalized spacial score (nSPS) is 21.1. The van der Waals surface area contributed by atoms with Crippen LogP contribution in [-0.4, -0.2) is 24.3 Å². The predicted molar refractivity (Wildman–Crippen MR) is 53.4 cm³/mol. The van der Waals surface area contributed by atoms with E-state index in [1.807, 2.05) is 19.1 Å². The molecular formula is C11H15NO2. The van der Waals surface area contributed by atoms with Crippen molar-refractivity contribution in [1.82, 2.24) is 4.98 Å². The first-order valence-electron chi connectivity index (χ1n) is 5.02. The third-order valence-corrected chi connectivity index (χ3v) is 2.41. The van der Waals surface area contributed by atoms with Crippen molar-refractivity contribution in [3.05, 3.63) is 24.0 Å². The van der Waals surface area contributed by atoms with Gasteiger partial charge in [0.15, 0.2) is 0 Å². The SMILES string of the molecule is Cc1ncccc1OCC1CCCO1. The van der Waals surface area contributed by atoms with Crippen molar-refractivity contribution in [2.75, 3.05) is 13.2 Å². The van der Waals surface area contributed by atoms with Gasteiger partial charge in [-0.1, -0.05) is 0 Å². The molecule has 2 heterocycles. The van der Waals surface area contributed by atoms with E-state index in [-0.39, 0.29) is 6.10 Å². The minimum absolute atomic E-state index is 0.273. The van der Waals surface area contributed by atoms with Crippen molar-refractivity contribution in [3.8, 4) is 5.75 Å². The fourth-order valence-corrected chi connectivity index (χ4v) is 1.58. The van der Waals surface area contributed by atoms with Crippen LogP contribution in [0.3, 0.4) is 0 Å². The zero-order valence-electron chi connectivity index (χ0n) is 8.40. The molecule has 0 amide bonds. The molecule has 1 aliphatic heterocycles. The largest absolute Gasteiger partial charge is 0.489 e. The molecule has 14 heavy (non-hydrogen) atoms. The lowest BCUT2D eigenvalue weighted by molar-refractivity contribution is 0.0676. The van der Waals surface area contributed by atoms with Gasteiger partial charge in [-0.3, -0.25) is 4.98 Å². The average Bonchev–Trinajstić information content (AvgIpc) is 2.69. The maximum atomic E-state index is 5.63. The van der Waals surface area contributed by atoms with E-state index in [2.05, 4.69) is 4.98 Å². The summed E-state index contributed by atoms with van der Waals surface area (Å²) < 4.78 is 11.1. The molecule has 0 bridgehead atoms. The number of hydrogen-bond acceptors (Lipinski definition) is 3. The molecule has 76 valence electrons. The summed E-state index contributed by atoms with van der Waals surface area (Å²) in [4.78, 5) is 4.16. The molecule has 1 aliphatic rings. The molecular weight excluding hydrogens is 178 g/mol. The van der Waals surface area contributed by atoms with Crippen molar-refractivity contribution in [2.24, 2.45) is 0 Å². The zero-order valence-corrected chi connectivity index (χ0v) is 8.40. The Morgan fingerprint density at radius 3 is 3.29 bits per heavy atom. The van der Waals surface area contributed by atoms with E-state index in [4.69, 9.17) is 9.47 Å². The van der Waals surface area contributed by atoms with Crippen LogP contribution in [0.25, 0.3) is 0 Å². The van der Waals surface area contributed by atoms with Gasteiger partial charge in [-0.2, -0.15) is 0 Å². The Labute approximate surface area is 84.1 Å². The third kappa shape index (κ3) is 2.23. The lowest BCUT2D eigenvalue weighted by Crippen LogP contribution is -2.16. The quantitative estimate of drug-likeness (QED) is 0.735. The number of ether oxygens (including phenoxy) is 2. The topological polar surface area (TPSA) is 31.4 Å². The minimum atomic E-state index is 0.273. The summed E-state index contributed by atoms with van der Waals surface area (Å²) >= 11 is 0. The molecule has 0 radical (unpaired) electrons. The van der Waals surface area contributed by atoms with Crippen LogP contribution in [0.5, 0.6) is 5.75 Å². The molecule has 0 aromatic carbocycles. The average molecular weight is 193 g/mol. The van der Waals surface area contributed by atoms with Crippen molar-refractivity contribution < 1.29 is 9.47 Å². The van der Waals surface area contributed by atoms with Gasteiger partial charge in [-0.05, 0) is 31.9 Å². The summed E-state index contributed by atoms with van der Waals surface area (Å²) in [6.07, 6.45) is 4.31. The van der Waals surface area contributed by atoms with Crippen LogP contribution in [-0.2, 0) is 4.74 Å². The molecule has 1 unspecified atom stereocenters. The lowest BCUT2D eigenvalue weighted by Gasteiger charge is -2.12. The molecule has 2 rings (SSSR count). The van der Waals surface area contributed by atoms with Gasteiger partial charge in [0.1, 0.15) is 12.4 Å². The highest BCUT2D eigenvalue weighted by atomic mass is 16.5. The summed E-state index contributed by atoms with van der Waals surface area (Å²) in [5.41, 5.74) is 0.936. The van der Waals surface area contributed by atoms with E-state index in [1.54, 1.807) is 6.20 Å². The van der Waals surface area contributed by atoms with Crippen LogP contribution >= 0.6 is 0 Å². The van der Waals surface area contributed by atoms with Crippen LogP contribution < -0.4 is 4.74 Å². The second-order valence-corrected chi connectivity index (χ2v) is 3.53.